The number of benzene rings is 9. The zero-order chi connectivity index (χ0) is 38.6. The van der Waals surface area contributed by atoms with Crippen molar-refractivity contribution in [2.45, 2.75) is 0 Å². The average molecular weight is 770 g/mol. The molecule has 0 amide bonds. The van der Waals surface area contributed by atoms with Gasteiger partial charge in [-0.2, -0.15) is 0 Å². The third-order valence-corrected chi connectivity index (χ3v) is 13.1. The molecule has 0 spiro atoms. The Balaban J connectivity index is 1.03. The van der Waals surface area contributed by atoms with Crippen LogP contribution in [0.15, 0.2) is 192 Å². The van der Waals surface area contributed by atoms with Crippen LogP contribution in [-0.4, -0.2) is 14.5 Å². The van der Waals surface area contributed by atoms with E-state index in [1.807, 2.05) is 35.6 Å². The predicted octanol–water partition coefficient (Wildman–Crippen LogP) is 15.1. The fourth-order valence-corrected chi connectivity index (χ4v) is 10.5. The summed E-state index contributed by atoms with van der Waals surface area (Å²) in [5.41, 5.74) is 11.5. The quantitative estimate of drug-likeness (QED) is 0.179. The standard InChI is InChI=1S/C54H31N3OS/c1-2-13-35(14-3-1)57-44-27-25-33(30-41(44)50-36-15-5-4-12-32(36)24-28-45(50)57)34-26-29-48-42(31-34)52-39(18-11-23-49(52)59-48)53-37-16-6-8-20-43(37)55-54(56-53)40-19-10-22-47-51(40)38-17-7-9-21-46(38)58-47/h1-31H. The van der Waals surface area contributed by atoms with Crippen molar-refractivity contribution < 1.29 is 4.42 Å². The topological polar surface area (TPSA) is 43.9 Å². The largest absolute Gasteiger partial charge is 0.456 e. The molecule has 0 atom stereocenters. The third kappa shape index (κ3) is 4.83. The van der Waals surface area contributed by atoms with Crippen LogP contribution in [0.5, 0.6) is 0 Å². The van der Waals surface area contributed by atoms with E-state index in [2.05, 4.69) is 168 Å². The van der Waals surface area contributed by atoms with E-state index in [0.29, 0.717) is 5.82 Å². The van der Waals surface area contributed by atoms with Gasteiger partial charge in [-0.1, -0.05) is 121 Å². The van der Waals surface area contributed by atoms with Crippen molar-refractivity contribution in [2.24, 2.45) is 0 Å². The number of furan rings is 1. The van der Waals surface area contributed by atoms with Gasteiger partial charge in [-0.15, -0.1) is 11.3 Å². The first-order valence-electron chi connectivity index (χ1n) is 19.9. The molecule has 0 aliphatic rings. The summed E-state index contributed by atoms with van der Waals surface area (Å²) in [6.45, 7) is 0. The van der Waals surface area contributed by atoms with E-state index >= 15 is 0 Å². The average Bonchev–Trinajstić information content (AvgIpc) is 3.98. The number of hydrogen-bond donors (Lipinski definition) is 0. The molecule has 0 saturated heterocycles. The Bertz CT molecular complexity index is 3860. The van der Waals surface area contributed by atoms with E-state index in [9.17, 15) is 0 Å². The number of rotatable bonds is 4. The van der Waals surface area contributed by atoms with Crippen molar-refractivity contribution in [3.8, 4) is 39.5 Å². The highest BCUT2D eigenvalue weighted by molar-refractivity contribution is 7.26. The highest BCUT2D eigenvalue weighted by atomic mass is 32.1. The molecule has 274 valence electrons. The molecule has 0 radical (unpaired) electrons. The van der Waals surface area contributed by atoms with Gasteiger partial charge in [0.15, 0.2) is 5.82 Å². The summed E-state index contributed by atoms with van der Waals surface area (Å²) < 4.78 is 11.2. The SMILES string of the molecule is c1ccc(-n2c3ccc(-c4ccc5sc6cccc(-c7nc(-c8cccc9oc%10ccccc%10c89)nc8ccccc78)c6c5c4)cc3c3c4ccccc4ccc32)cc1. The summed E-state index contributed by atoms with van der Waals surface area (Å²) in [7, 11) is 0. The zero-order valence-corrected chi connectivity index (χ0v) is 32.4. The summed E-state index contributed by atoms with van der Waals surface area (Å²) in [5.74, 6) is 0.684. The minimum Gasteiger partial charge on any atom is -0.456 e. The number of hydrogen-bond acceptors (Lipinski definition) is 4. The van der Waals surface area contributed by atoms with Gasteiger partial charge in [0, 0.05) is 63.9 Å². The molecular formula is C54H31N3OS. The van der Waals surface area contributed by atoms with Crippen LogP contribution in [0.4, 0.5) is 0 Å². The lowest BCUT2D eigenvalue weighted by molar-refractivity contribution is 0.669. The molecule has 9 aromatic carbocycles. The van der Waals surface area contributed by atoms with E-state index in [-0.39, 0.29) is 0 Å². The molecule has 4 nitrogen and oxygen atoms in total. The first-order chi connectivity index (χ1) is 29.2. The lowest BCUT2D eigenvalue weighted by Gasteiger charge is -2.12. The van der Waals surface area contributed by atoms with E-state index in [0.717, 1.165) is 55.3 Å². The minimum atomic E-state index is 0.684. The Kier molecular flexibility index (Phi) is 6.85. The van der Waals surface area contributed by atoms with Crippen molar-refractivity contribution >= 4 is 96.9 Å². The normalized spacial score (nSPS) is 12.1. The smallest absolute Gasteiger partial charge is 0.161 e. The maximum atomic E-state index is 6.29. The summed E-state index contributed by atoms with van der Waals surface area (Å²) in [6.07, 6.45) is 0. The second kappa shape index (κ2) is 12.4. The zero-order valence-electron chi connectivity index (χ0n) is 31.6. The number of para-hydroxylation sites is 3. The van der Waals surface area contributed by atoms with Crippen LogP contribution in [0.2, 0.25) is 0 Å². The van der Waals surface area contributed by atoms with Gasteiger partial charge in [0.05, 0.1) is 22.2 Å². The van der Waals surface area contributed by atoms with Crippen LogP contribution < -0.4 is 0 Å². The summed E-state index contributed by atoms with van der Waals surface area (Å²) in [5, 5.41) is 10.6. The van der Waals surface area contributed by atoms with Gasteiger partial charge in [0.2, 0.25) is 0 Å². The van der Waals surface area contributed by atoms with Crippen molar-refractivity contribution in [1.82, 2.24) is 14.5 Å². The second-order valence-electron chi connectivity index (χ2n) is 15.3. The summed E-state index contributed by atoms with van der Waals surface area (Å²) >= 11 is 1.83. The highest BCUT2D eigenvalue weighted by Crippen LogP contribution is 2.45. The molecule has 13 rings (SSSR count). The van der Waals surface area contributed by atoms with Crippen molar-refractivity contribution in [3.63, 3.8) is 0 Å². The third-order valence-electron chi connectivity index (χ3n) is 12.0. The number of aromatic nitrogens is 3. The lowest BCUT2D eigenvalue weighted by Crippen LogP contribution is -1.96. The van der Waals surface area contributed by atoms with Crippen LogP contribution in [-0.2, 0) is 0 Å². The second-order valence-corrected chi connectivity index (χ2v) is 16.3. The molecule has 0 unspecified atom stereocenters. The molecule has 0 aliphatic carbocycles. The predicted molar refractivity (Wildman–Crippen MR) is 248 cm³/mol. The van der Waals surface area contributed by atoms with Crippen LogP contribution in [0, 0.1) is 0 Å². The first kappa shape index (κ1) is 32.5. The first-order valence-corrected chi connectivity index (χ1v) is 20.7. The van der Waals surface area contributed by atoms with Gasteiger partial charge in [-0.05, 0) is 88.6 Å². The summed E-state index contributed by atoms with van der Waals surface area (Å²) in [4.78, 5) is 10.6. The van der Waals surface area contributed by atoms with E-state index in [4.69, 9.17) is 14.4 Å². The molecule has 0 N–H and O–H groups in total. The number of nitrogens with zero attached hydrogens (tertiary/aromatic N) is 3. The minimum absolute atomic E-state index is 0.684. The van der Waals surface area contributed by atoms with E-state index in [1.54, 1.807) is 0 Å². The Morgan fingerprint density at radius 2 is 1.14 bits per heavy atom. The van der Waals surface area contributed by atoms with Crippen LogP contribution >= 0.6 is 11.3 Å². The fraction of sp³-hybridized carbons (Fsp3) is 0. The fourth-order valence-electron chi connectivity index (χ4n) is 9.39. The maximum Gasteiger partial charge on any atom is 0.161 e. The van der Waals surface area contributed by atoms with Crippen molar-refractivity contribution in [3.05, 3.63) is 188 Å². The maximum absolute atomic E-state index is 6.29. The molecule has 0 fully saturated rings. The Hall–Kier alpha value is -7.60. The van der Waals surface area contributed by atoms with Crippen molar-refractivity contribution in [2.75, 3.05) is 0 Å². The molecule has 0 saturated carbocycles. The molecule has 0 bridgehead atoms. The molecule has 0 aliphatic heterocycles. The molecule has 13 aromatic rings. The van der Waals surface area contributed by atoms with Crippen LogP contribution in [0.25, 0.3) is 125 Å². The van der Waals surface area contributed by atoms with Gasteiger partial charge in [-0.25, -0.2) is 9.97 Å². The number of thiophene rings is 1. The van der Waals surface area contributed by atoms with Gasteiger partial charge in [0.1, 0.15) is 11.2 Å². The lowest BCUT2D eigenvalue weighted by atomic mass is 9.96. The Labute approximate surface area is 341 Å². The highest BCUT2D eigenvalue weighted by Gasteiger charge is 2.21. The van der Waals surface area contributed by atoms with Crippen LogP contribution in [0.3, 0.4) is 0 Å². The molecule has 59 heavy (non-hydrogen) atoms. The van der Waals surface area contributed by atoms with Gasteiger partial charge in [0.25, 0.3) is 0 Å². The molecular weight excluding hydrogens is 739 g/mol. The van der Waals surface area contributed by atoms with Crippen LogP contribution in [0.1, 0.15) is 0 Å². The molecule has 4 aromatic heterocycles. The number of fused-ring (bicyclic) bond motifs is 12. The Morgan fingerprint density at radius 3 is 2.05 bits per heavy atom. The van der Waals surface area contributed by atoms with Gasteiger partial charge >= 0.3 is 0 Å². The van der Waals surface area contributed by atoms with Gasteiger partial charge < -0.3 is 8.98 Å². The Morgan fingerprint density at radius 1 is 0.424 bits per heavy atom. The summed E-state index contributed by atoms with van der Waals surface area (Å²) in [6, 6.07) is 67.2. The van der Waals surface area contributed by atoms with E-state index < -0.39 is 0 Å². The molecule has 5 heteroatoms. The van der Waals surface area contributed by atoms with E-state index in [1.165, 1.54) is 63.9 Å². The van der Waals surface area contributed by atoms with Crippen molar-refractivity contribution in [1.29, 1.82) is 0 Å². The van der Waals surface area contributed by atoms with Gasteiger partial charge in [-0.3, -0.25) is 0 Å². The monoisotopic (exact) mass is 769 g/mol. The molecule has 4 heterocycles.